The van der Waals surface area contributed by atoms with E-state index in [1.54, 1.807) is 38.6 Å². The Balaban J connectivity index is 2.20. The van der Waals surface area contributed by atoms with Gasteiger partial charge in [0.2, 0.25) is 0 Å². The van der Waals surface area contributed by atoms with E-state index < -0.39 is 0 Å². The van der Waals surface area contributed by atoms with Crippen LogP contribution in [0.15, 0.2) is 30.6 Å². The molecule has 20 heavy (non-hydrogen) atoms. The van der Waals surface area contributed by atoms with E-state index in [1.165, 1.54) is 6.20 Å². The highest BCUT2D eigenvalue weighted by Gasteiger charge is 2.10. The third-order valence-electron chi connectivity index (χ3n) is 2.62. The van der Waals surface area contributed by atoms with Gasteiger partial charge in [0, 0.05) is 30.1 Å². The fraction of sp³-hybridized carbons (Fsp3) is 0.214. The number of ether oxygens (including phenoxy) is 2. The van der Waals surface area contributed by atoms with Gasteiger partial charge in [-0.1, -0.05) is 0 Å². The summed E-state index contributed by atoms with van der Waals surface area (Å²) in [5.41, 5.74) is 1.57. The van der Waals surface area contributed by atoms with Gasteiger partial charge in [0.05, 0.1) is 26.1 Å². The maximum Gasteiger partial charge on any atom is 0.275 e. The first-order valence-electron chi connectivity index (χ1n) is 5.95. The Bertz CT molecular complexity index is 589. The molecule has 0 bridgehead atoms. The number of rotatable bonds is 4. The van der Waals surface area contributed by atoms with Gasteiger partial charge in [-0.3, -0.25) is 9.78 Å². The minimum atomic E-state index is -0.340. The van der Waals surface area contributed by atoms with E-state index in [-0.39, 0.29) is 11.6 Å². The van der Waals surface area contributed by atoms with Crippen molar-refractivity contribution in [1.82, 2.24) is 9.97 Å². The van der Waals surface area contributed by atoms with Crippen LogP contribution in [0, 0.1) is 6.92 Å². The molecule has 0 radical (unpaired) electrons. The molecule has 0 aliphatic heterocycles. The molecular formula is C14H15N3O3. The summed E-state index contributed by atoms with van der Waals surface area (Å²) in [4.78, 5) is 20.1. The number of methoxy groups -OCH3 is 2. The average Bonchev–Trinajstić information content (AvgIpc) is 2.47. The van der Waals surface area contributed by atoms with Gasteiger partial charge in [0.1, 0.15) is 17.2 Å². The maximum absolute atomic E-state index is 12.0. The molecule has 0 atom stereocenters. The van der Waals surface area contributed by atoms with E-state index in [2.05, 4.69) is 15.3 Å². The molecule has 0 saturated carbocycles. The van der Waals surface area contributed by atoms with Gasteiger partial charge in [0.15, 0.2) is 0 Å². The molecule has 6 heteroatoms. The molecular weight excluding hydrogens is 258 g/mol. The first-order valence-corrected chi connectivity index (χ1v) is 5.95. The lowest BCUT2D eigenvalue weighted by Gasteiger charge is -2.09. The molecule has 0 unspecified atom stereocenters. The summed E-state index contributed by atoms with van der Waals surface area (Å²) in [6.07, 6.45) is 2.98. The second kappa shape index (κ2) is 6.01. The van der Waals surface area contributed by atoms with E-state index in [9.17, 15) is 4.79 Å². The van der Waals surface area contributed by atoms with Crippen molar-refractivity contribution in [3.63, 3.8) is 0 Å². The quantitative estimate of drug-likeness (QED) is 0.923. The Morgan fingerprint density at radius 3 is 2.20 bits per heavy atom. The van der Waals surface area contributed by atoms with Crippen LogP contribution >= 0.6 is 0 Å². The molecule has 1 aromatic carbocycles. The van der Waals surface area contributed by atoms with Crippen LogP contribution in [0.4, 0.5) is 5.69 Å². The van der Waals surface area contributed by atoms with E-state index in [1.807, 2.05) is 6.92 Å². The summed E-state index contributed by atoms with van der Waals surface area (Å²) in [5.74, 6) is 0.845. The fourth-order valence-corrected chi connectivity index (χ4v) is 1.58. The van der Waals surface area contributed by atoms with Gasteiger partial charge >= 0.3 is 0 Å². The normalized spacial score (nSPS) is 9.95. The molecule has 0 fully saturated rings. The second-order valence-corrected chi connectivity index (χ2v) is 4.10. The van der Waals surface area contributed by atoms with E-state index >= 15 is 0 Å². The summed E-state index contributed by atoms with van der Waals surface area (Å²) in [6.45, 7) is 1.81. The van der Waals surface area contributed by atoms with Crippen molar-refractivity contribution in [3.8, 4) is 11.5 Å². The van der Waals surface area contributed by atoms with E-state index in [0.29, 0.717) is 17.2 Å². The zero-order valence-corrected chi connectivity index (χ0v) is 11.5. The van der Waals surface area contributed by atoms with Crippen molar-refractivity contribution in [1.29, 1.82) is 0 Å². The summed E-state index contributed by atoms with van der Waals surface area (Å²) in [7, 11) is 3.09. The summed E-state index contributed by atoms with van der Waals surface area (Å²) < 4.78 is 10.3. The van der Waals surface area contributed by atoms with Crippen molar-refractivity contribution in [2.75, 3.05) is 19.5 Å². The Labute approximate surface area is 116 Å². The van der Waals surface area contributed by atoms with Crippen LogP contribution in [0.5, 0.6) is 11.5 Å². The molecule has 0 aliphatic rings. The molecule has 0 aliphatic carbocycles. The number of carbonyl (C=O) groups excluding carboxylic acids is 1. The zero-order valence-electron chi connectivity index (χ0n) is 11.5. The minimum Gasteiger partial charge on any atom is -0.497 e. The Hall–Kier alpha value is -2.63. The maximum atomic E-state index is 12.0. The van der Waals surface area contributed by atoms with Gasteiger partial charge in [0.25, 0.3) is 5.91 Å². The monoisotopic (exact) mass is 273 g/mol. The number of nitrogens with zero attached hydrogens (tertiary/aromatic N) is 2. The van der Waals surface area contributed by atoms with E-state index in [4.69, 9.17) is 9.47 Å². The Morgan fingerprint density at radius 1 is 1.05 bits per heavy atom. The number of aromatic nitrogens is 2. The van der Waals surface area contributed by atoms with Gasteiger partial charge in [-0.05, 0) is 6.92 Å². The number of carbonyl (C=O) groups is 1. The van der Waals surface area contributed by atoms with Crippen molar-refractivity contribution >= 4 is 11.6 Å². The first-order chi connectivity index (χ1) is 9.62. The van der Waals surface area contributed by atoms with Crippen LogP contribution in [0.2, 0.25) is 0 Å². The minimum absolute atomic E-state index is 0.248. The molecule has 1 N–H and O–H groups in total. The smallest absolute Gasteiger partial charge is 0.275 e. The average molecular weight is 273 g/mol. The van der Waals surface area contributed by atoms with Crippen molar-refractivity contribution in [2.24, 2.45) is 0 Å². The number of benzene rings is 1. The highest BCUT2D eigenvalue weighted by molar-refractivity contribution is 6.02. The molecule has 1 aromatic heterocycles. The summed E-state index contributed by atoms with van der Waals surface area (Å²) in [6, 6.07) is 5.12. The third kappa shape index (κ3) is 3.23. The largest absolute Gasteiger partial charge is 0.497 e. The number of nitrogens with one attached hydrogen (secondary N) is 1. The highest BCUT2D eigenvalue weighted by atomic mass is 16.5. The number of anilines is 1. The number of hydrogen-bond acceptors (Lipinski definition) is 5. The second-order valence-electron chi connectivity index (χ2n) is 4.10. The number of amides is 1. The molecule has 2 aromatic rings. The lowest BCUT2D eigenvalue weighted by molar-refractivity contribution is 0.102. The van der Waals surface area contributed by atoms with Crippen LogP contribution < -0.4 is 14.8 Å². The number of aryl methyl sites for hydroxylation is 1. The van der Waals surface area contributed by atoms with Crippen LogP contribution in [0.3, 0.4) is 0 Å². The van der Waals surface area contributed by atoms with Crippen LogP contribution in [0.25, 0.3) is 0 Å². The predicted molar refractivity (Wildman–Crippen MR) is 74.3 cm³/mol. The Morgan fingerprint density at radius 2 is 1.70 bits per heavy atom. The third-order valence-corrected chi connectivity index (χ3v) is 2.62. The molecule has 0 spiro atoms. The molecule has 6 nitrogen and oxygen atoms in total. The van der Waals surface area contributed by atoms with Gasteiger partial charge in [-0.25, -0.2) is 4.98 Å². The van der Waals surface area contributed by atoms with Gasteiger partial charge in [-0.2, -0.15) is 0 Å². The highest BCUT2D eigenvalue weighted by Crippen LogP contribution is 2.25. The predicted octanol–water partition coefficient (Wildman–Crippen LogP) is 2.05. The zero-order chi connectivity index (χ0) is 14.5. The summed E-state index contributed by atoms with van der Waals surface area (Å²) in [5, 5.41) is 2.73. The topological polar surface area (TPSA) is 73.3 Å². The van der Waals surface area contributed by atoms with E-state index in [0.717, 1.165) is 5.69 Å². The molecule has 2 rings (SSSR count). The lowest BCUT2D eigenvalue weighted by atomic mass is 10.2. The van der Waals surface area contributed by atoms with Crippen molar-refractivity contribution < 1.29 is 14.3 Å². The van der Waals surface area contributed by atoms with Crippen LogP contribution in [-0.4, -0.2) is 30.1 Å². The van der Waals surface area contributed by atoms with Gasteiger partial charge < -0.3 is 14.8 Å². The lowest BCUT2D eigenvalue weighted by Crippen LogP contribution is -2.14. The van der Waals surface area contributed by atoms with Gasteiger partial charge in [-0.15, -0.1) is 0 Å². The van der Waals surface area contributed by atoms with Crippen LogP contribution in [0.1, 0.15) is 16.2 Å². The molecule has 104 valence electrons. The fourth-order valence-electron chi connectivity index (χ4n) is 1.58. The number of hydrogen-bond donors (Lipinski definition) is 1. The summed E-state index contributed by atoms with van der Waals surface area (Å²) >= 11 is 0. The standard InChI is InChI=1S/C14H15N3O3/c1-9-7-16-13(8-15-9)14(18)17-10-4-11(19-2)6-12(5-10)20-3/h4-8H,1-3H3,(H,17,18). The SMILES string of the molecule is COc1cc(NC(=O)c2cnc(C)cn2)cc(OC)c1. The molecule has 1 heterocycles. The van der Waals surface area contributed by atoms with Crippen LogP contribution in [-0.2, 0) is 0 Å². The van der Waals surface area contributed by atoms with Crippen molar-refractivity contribution in [3.05, 3.63) is 42.0 Å². The first kappa shape index (κ1) is 13.8. The Kier molecular flexibility index (Phi) is 4.14. The van der Waals surface area contributed by atoms with Crippen molar-refractivity contribution in [2.45, 2.75) is 6.92 Å². The molecule has 1 amide bonds. The molecule has 0 saturated heterocycles.